The molecule has 0 saturated carbocycles. The van der Waals surface area contributed by atoms with Gasteiger partial charge in [0.05, 0.1) is 23.5 Å². The van der Waals surface area contributed by atoms with E-state index in [-0.39, 0.29) is 19.1 Å². The summed E-state index contributed by atoms with van der Waals surface area (Å²) in [5.41, 5.74) is 2.13. The van der Waals surface area contributed by atoms with E-state index in [0.29, 0.717) is 46.1 Å². The number of aliphatic hydroxyl groups is 2. The van der Waals surface area contributed by atoms with E-state index in [4.69, 9.17) is 9.84 Å². The maximum atomic E-state index is 13.7. The number of carbonyl (C=O) groups excluding carboxylic acids is 2. The number of para-hydroxylation sites is 4. The molecule has 2 N–H and O–H groups in total. The fourth-order valence-corrected chi connectivity index (χ4v) is 5.57. The minimum absolute atomic E-state index is 0.00243. The van der Waals surface area contributed by atoms with E-state index in [2.05, 4.69) is 0 Å². The number of ether oxygens (including phenoxy) is 1. The number of hydrogen-bond acceptors (Lipinski definition) is 5. The van der Waals surface area contributed by atoms with Gasteiger partial charge in [-0.1, -0.05) is 73.7 Å². The second kappa shape index (κ2) is 10.7. The van der Waals surface area contributed by atoms with Crippen LogP contribution in [0.3, 0.4) is 0 Å². The SMILES string of the molecule is C[C@@H](/C=C/CCO)[C@]1(O)C(=O)N(Cc2ccc(N3C(=O)c4ccccc4Oc4ccccc43)cc2)c2ccccc21. The molecule has 2 atom stereocenters. The van der Waals surface area contributed by atoms with Crippen LogP contribution in [-0.4, -0.2) is 28.6 Å². The van der Waals surface area contributed by atoms with Gasteiger partial charge in [-0.25, -0.2) is 0 Å². The first-order chi connectivity index (χ1) is 19.9. The van der Waals surface area contributed by atoms with E-state index >= 15 is 0 Å². The molecule has 0 aliphatic carbocycles. The van der Waals surface area contributed by atoms with Crippen LogP contribution >= 0.6 is 0 Å². The van der Waals surface area contributed by atoms with Crippen molar-refractivity contribution in [2.24, 2.45) is 5.92 Å². The van der Waals surface area contributed by atoms with Gasteiger partial charge in [0.25, 0.3) is 11.8 Å². The molecule has 0 radical (unpaired) electrons. The third kappa shape index (κ3) is 4.49. The Bertz CT molecular complexity index is 1650. The first-order valence-electron chi connectivity index (χ1n) is 13.6. The van der Waals surface area contributed by atoms with Gasteiger partial charge in [0.2, 0.25) is 0 Å². The predicted molar refractivity (Wildman–Crippen MR) is 157 cm³/mol. The molecule has 0 spiro atoms. The summed E-state index contributed by atoms with van der Waals surface area (Å²) in [6.45, 7) is 2.06. The minimum Gasteiger partial charge on any atom is -0.454 e. The summed E-state index contributed by atoms with van der Waals surface area (Å²) in [5, 5.41) is 20.8. The zero-order valence-corrected chi connectivity index (χ0v) is 22.6. The van der Waals surface area contributed by atoms with E-state index in [0.717, 1.165) is 5.56 Å². The summed E-state index contributed by atoms with van der Waals surface area (Å²) in [6, 6.07) is 29.4. The topological polar surface area (TPSA) is 90.3 Å². The molecule has 2 heterocycles. The van der Waals surface area contributed by atoms with Crippen LogP contribution in [0.2, 0.25) is 0 Å². The van der Waals surface area contributed by atoms with Gasteiger partial charge in [0, 0.05) is 23.8 Å². The third-order valence-electron chi connectivity index (χ3n) is 7.74. The number of fused-ring (bicyclic) bond motifs is 3. The summed E-state index contributed by atoms with van der Waals surface area (Å²) in [6.07, 6.45) is 4.01. The van der Waals surface area contributed by atoms with Crippen molar-refractivity contribution >= 4 is 28.9 Å². The van der Waals surface area contributed by atoms with Crippen LogP contribution in [0.25, 0.3) is 0 Å². The van der Waals surface area contributed by atoms with Crippen LogP contribution in [0.15, 0.2) is 109 Å². The molecule has 2 amide bonds. The Hall–Kier alpha value is -4.72. The molecule has 2 aliphatic heterocycles. The minimum atomic E-state index is -1.71. The maximum absolute atomic E-state index is 13.7. The Labute approximate surface area is 238 Å². The van der Waals surface area contributed by atoms with E-state index < -0.39 is 17.4 Å². The van der Waals surface area contributed by atoms with Gasteiger partial charge in [0.15, 0.2) is 11.4 Å². The number of anilines is 3. The second-order valence-corrected chi connectivity index (χ2v) is 10.3. The fourth-order valence-electron chi connectivity index (χ4n) is 5.57. The first kappa shape index (κ1) is 26.5. The van der Waals surface area contributed by atoms with Crippen LogP contribution in [0.1, 0.15) is 34.8 Å². The molecule has 7 heteroatoms. The summed E-state index contributed by atoms with van der Waals surface area (Å²) in [7, 11) is 0. The molecule has 4 aromatic carbocycles. The molecule has 4 aromatic rings. The highest BCUT2D eigenvalue weighted by molar-refractivity contribution is 6.14. The van der Waals surface area contributed by atoms with Crippen molar-refractivity contribution in [1.82, 2.24) is 0 Å². The average molecular weight is 547 g/mol. The zero-order chi connectivity index (χ0) is 28.6. The van der Waals surface area contributed by atoms with Crippen molar-refractivity contribution in [3.63, 3.8) is 0 Å². The first-order valence-corrected chi connectivity index (χ1v) is 13.6. The Morgan fingerprint density at radius 3 is 2.27 bits per heavy atom. The van der Waals surface area contributed by atoms with Crippen molar-refractivity contribution in [2.45, 2.75) is 25.5 Å². The van der Waals surface area contributed by atoms with E-state index in [1.807, 2.05) is 78.9 Å². The van der Waals surface area contributed by atoms with Gasteiger partial charge >= 0.3 is 0 Å². The second-order valence-electron chi connectivity index (χ2n) is 10.3. The molecular formula is C34H30N2O5. The lowest BCUT2D eigenvalue weighted by atomic mass is 9.83. The number of hydrogen-bond donors (Lipinski definition) is 2. The molecule has 7 nitrogen and oxygen atoms in total. The van der Waals surface area contributed by atoms with Crippen molar-refractivity contribution < 1.29 is 24.5 Å². The molecule has 41 heavy (non-hydrogen) atoms. The number of carbonyl (C=O) groups is 2. The maximum Gasteiger partial charge on any atom is 0.266 e. The number of aliphatic hydroxyl groups excluding tert-OH is 1. The molecule has 0 bridgehead atoms. The Morgan fingerprint density at radius 1 is 0.854 bits per heavy atom. The highest BCUT2D eigenvalue weighted by Gasteiger charge is 2.52. The molecular weight excluding hydrogens is 516 g/mol. The van der Waals surface area contributed by atoms with Crippen molar-refractivity contribution in [1.29, 1.82) is 0 Å². The highest BCUT2D eigenvalue weighted by atomic mass is 16.5. The zero-order valence-electron chi connectivity index (χ0n) is 22.6. The van der Waals surface area contributed by atoms with Crippen LogP contribution in [0.4, 0.5) is 17.1 Å². The number of amides is 2. The van der Waals surface area contributed by atoms with E-state index in [1.165, 1.54) is 0 Å². The summed E-state index contributed by atoms with van der Waals surface area (Å²) < 4.78 is 6.10. The van der Waals surface area contributed by atoms with Crippen LogP contribution in [0, 0.1) is 5.92 Å². The van der Waals surface area contributed by atoms with E-state index in [9.17, 15) is 14.7 Å². The molecule has 0 saturated heterocycles. The van der Waals surface area contributed by atoms with Crippen molar-refractivity contribution in [2.75, 3.05) is 16.4 Å². The lowest BCUT2D eigenvalue weighted by Crippen LogP contribution is -2.44. The van der Waals surface area contributed by atoms with Gasteiger partial charge in [-0.2, -0.15) is 0 Å². The van der Waals surface area contributed by atoms with Gasteiger partial charge in [-0.15, -0.1) is 0 Å². The smallest absolute Gasteiger partial charge is 0.266 e. The van der Waals surface area contributed by atoms with Gasteiger partial charge in [-0.3, -0.25) is 14.5 Å². The molecule has 6 rings (SSSR count). The summed E-state index contributed by atoms with van der Waals surface area (Å²) in [5.74, 6) is -0.00219. The van der Waals surface area contributed by atoms with Crippen LogP contribution in [0.5, 0.6) is 11.5 Å². The standard InChI is InChI=1S/C34H30N2O5/c1-23(10-8-9-21-37)34(40)27-12-3-4-13-28(27)35(33(34)39)22-24-17-19-25(20-18-24)36-29-14-5-7-16-31(29)41-30-15-6-2-11-26(30)32(36)38/h2-8,10-20,23,37,40H,9,21-22H2,1H3/b10-8+/t23-,34+/m0/s1. The molecule has 0 fully saturated rings. The highest BCUT2D eigenvalue weighted by Crippen LogP contribution is 2.46. The lowest BCUT2D eigenvalue weighted by Gasteiger charge is -2.28. The summed E-state index contributed by atoms with van der Waals surface area (Å²) >= 11 is 0. The van der Waals surface area contributed by atoms with E-state index in [1.54, 1.807) is 47.1 Å². The van der Waals surface area contributed by atoms with Crippen molar-refractivity contribution in [3.05, 3.63) is 126 Å². The summed E-state index contributed by atoms with van der Waals surface area (Å²) in [4.78, 5) is 30.7. The number of rotatable bonds is 7. The largest absolute Gasteiger partial charge is 0.454 e. The Kier molecular flexibility index (Phi) is 6.91. The average Bonchev–Trinajstić information content (AvgIpc) is 3.13. The molecule has 2 aliphatic rings. The normalized spacial score (nSPS) is 18.5. The fraction of sp³-hybridized carbons (Fsp3) is 0.176. The monoisotopic (exact) mass is 546 g/mol. The van der Waals surface area contributed by atoms with Crippen molar-refractivity contribution in [3.8, 4) is 11.5 Å². The Balaban J connectivity index is 1.31. The van der Waals surface area contributed by atoms with Gasteiger partial charge in [0.1, 0.15) is 5.75 Å². The molecule has 206 valence electrons. The predicted octanol–water partition coefficient (Wildman–Crippen LogP) is 6.08. The molecule has 0 unspecified atom stereocenters. The number of benzene rings is 4. The third-order valence-corrected chi connectivity index (χ3v) is 7.74. The molecule has 0 aromatic heterocycles. The van der Waals surface area contributed by atoms with Crippen LogP contribution in [-0.2, 0) is 16.9 Å². The quantitative estimate of drug-likeness (QED) is 0.274. The number of nitrogens with zero attached hydrogens (tertiary/aromatic N) is 2. The van der Waals surface area contributed by atoms with Gasteiger partial charge in [-0.05, 0) is 54.4 Å². The van der Waals surface area contributed by atoms with Crippen LogP contribution < -0.4 is 14.5 Å². The lowest BCUT2D eigenvalue weighted by molar-refractivity contribution is -0.139. The van der Waals surface area contributed by atoms with Gasteiger partial charge < -0.3 is 19.8 Å². The Morgan fingerprint density at radius 2 is 1.51 bits per heavy atom.